The number of fused-ring (bicyclic) bond motifs is 1. The van der Waals surface area contributed by atoms with E-state index in [1.165, 1.54) is 21.2 Å². The van der Waals surface area contributed by atoms with Crippen molar-refractivity contribution in [3.8, 4) is 0 Å². The second-order valence-electron chi connectivity index (χ2n) is 4.87. The molecule has 0 saturated carbocycles. The van der Waals surface area contributed by atoms with Crippen molar-refractivity contribution in [2.75, 3.05) is 13.1 Å². The third-order valence-electron chi connectivity index (χ3n) is 3.71. The fourth-order valence-electron chi connectivity index (χ4n) is 2.73. The SMILES string of the molecule is NCC1c2ccccc2CCN1S(=O)(=O)c1sccc1Br. The molecule has 0 saturated heterocycles. The molecule has 0 amide bonds. The van der Waals surface area contributed by atoms with Gasteiger partial charge in [0.25, 0.3) is 10.0 Å². The summed E-state index contributed by atoms with van der Waals surface area (Å²) < 4.78 is 28.3. The molecule has 112 valence electrons. The van der Waals surface area contributed by atoms with Crippen molar-refractivity contribution in [3.05, 3.63) is 51.3 Å². The predicted molar refractivity (Wildman–Crippen MR) is 87.9 cm³/mol. The van der Waals surface area contributed by atoms with E-state index in [1.54, 1.807) is 11.4 Å². The Morgan fingerprint density at radius 3 is 2.76 bits per heavy atom. The van der Waals surface area contributed by atoms with Crippen molar-refractivity contribution in [2.24, 2.45) is 5.73 Å². The first-order chi connectivity index (χ1) is 10.1. The fourth-order valence-corrected chi connectivity index (χ4v) is 6.77. The lowest BCUT2D eigenvalue weighted by Gasteiger charge is -2.35. The summed E-state index contributed by atoms with van der Waals surface area (Å²) in [4.78, 5) is 0. The molecule has 1 aromatic heterocycles. The summed E-state index contributed by atoms with van der Waals surface area (Å²) in [6.07, 6.45) is 0.717. The molecule has 7 heteroatoms. The van der Waals surface area contributed by atoms with Crippen LogP contribution in [0.2, 0.25) is 0 Å². The minimum Gasteiger partial charge on any atom is -0.329 e. The van der Waals surface area contributed by atoms with Gasteiger partial charge in [-0.05, 0) is 44.9 Å². The van der Waals surface area contributed by atoms with Crippen LogP contribution in [0.3, 0.4) is 0 Å². The smallest absolute Gasteiger partial charge is 0.254 e. The molecule has 4 nitrogen and oxygen atoms in total. The van der Waals surface area contributed by atoms with E-state index in [0.29, 0.717) is 15.2 Å². The number of nitrogens with zero attached hydrogens (tertiary/aromatic N) is 1. The molecule has 2 heterocycles. The van der Waals surface area contributed by atoms with Gasteiger partial charge in [-0.25, -0.2) is 8.42 Å². The summed E-state index contributed by atoms with van der Waals surface area (Å²) in [5, 5.41) is 1.77. The van der Waals surface area contributed by atoms with Gasteiger partial charge in [0, 0.05) is 17.6 Å². The van der Waals surface area contributed by atoms with Crippen molar-refractivity contribution in [3.63, 3.8) is 0 Å². The Balaban J connectivity index is 2.06. The zero-order valence-electron chi connectivity index (χ0n) is 11.2. The van der Waals surface area contributed by atoms with E-state index in [0.717, 1.165) is 12.0 Å². The molecule has 0 bridgehead atoms. The van der Waals surface area contributed by atoms with Gasteiger partial charge in [-0.2, -0.15) is 4.31 Å². The molecule has 1 aromatic carbocycles. The Labute approximate surface area is 136 Å². The quantitative estimate of drug-likeness (QED) is 0.881. The monoisotopic (exact) mass is 386 g/mol. The molecule has 1 aliphatic rings. The highest BCUT2D eigenvalue weighted by atomic mass is 79.9. The first-order valence-electron chi connectivity index (χ1n) is 6.58. The highest BCUT2D eigenvalue weighted by Gasteiger charge is 2.37. The Hall–Kier alpha value is -0.730. The van der Waals surface area contributed by atoms with Gasteiger partial charge in [0.15, 0.2) is 0 Å². The van der Waals surface area contributed by atoms with Crippen molar-refractivity contribution in [2.45, 2.75) is 16.7 Å². The number of benzene rings is 1. The fraction of sp³-hybridized carbons (Fsp3) is 0.286. The van der Waals surface area contributed by atoms with Crippen LogP contribution in [0, 0.1) is 0 Å². The summed E-state index contributed by atoms with van der Waals surface area (Å²) in [7, 11) is -3.53. The summed E-state index contributed by atoms with van der Waals surface area (Å²) >= 11 is 4.54. The van der Waals surface area contributed by atoms with E-state index in [9.17, 15) is 8.42 Å². The molecule has 21 heavy (non-hydrogen) atoms. The number of sulfonamides is 1. The first-order valence-corrected chi connectivity index (χ1v) is 9.69. The highest BCUT2D eigenvalue weighted by molar-refractivity contribution is 9.10. The maximum atomic E-state index is 12.9. The summed E-state index contributed by atoms with van der Waals surface area (Å²) in [5.41, 5.74) is 8.08. The van der Waals surface area contributed by atoms with Gasteiger partial charge in [-0.15, -0.1) is 11.3 Å². The minimum atomic E-state index is -3.53. The Kier molecular flexibility index (Phi) is 4.20. The van der Waals surface area contributed by atoms with Gasteiger partial charge in [-0.1, -0.05) is 24.3 Å². The lowest BCUT2D eigenvalue weighted by atomic mass is 9.94. The average molecular weight is 387 g/mol. The van der Waals surface area contributed by atoms with Crippen molar-refractivity contribution >= 4 is 37.3 Å². The average Bonchev–Trinajstić information content (AvgIpc) is 2.92. The zero-order chi connectivity index (χ0) is 15.0. The maximum Gasteiger partial charge on any atom is 0.254 e. The molecule has 3 rings (SSSR count). The maximum absolute atomic E-state index is 12.9. The molecular weight excluding hydrogens is 372 g/mol. The number of hydrogen-bond donors (Lipinski definition) is 1. The van der Waals surface area contributed by atoms with E-state index in [4.69, 9.17) is 5.73 Å². The molecule has 1 unspecified atom stereocenters. The lowest BCUT2D eigenvalue weighted by Crippen LogP contribution is -2.42. The summed E-state index contributed by atoms with van der Waals surface area (Å²) in [5.74, 6) is 0. The second kappa shape index (κ2) is 5.81. The summed E-state index contributed by atoms with van der Waals surface area (Å²) in [6.45, 7) is 0.741. The molecule has 0 radical (unpaired) electrons. The van der Waals surface area contributed by atoms with E-state index in [2.05, 4.69) is 15.9 Å². The van der Waals surface area contributed by atoms with Gasteiger partial charge in [0.2, 0.25) is 0 Å². The van der Waals surface area contributed by atoms with Crippen molar-refractivity contribution < 1.29 is 8.42 Å². The van der Waals surface area contributed by atoms with Crippen LogP contribution in [-0.4, -0.2) is 25.8 Å². The van der Waals surface area contributed by atoms with E-state index >= 15 is 0 Å². The van der Waals surface area contributed by atoms with Crippen LogP contribution in [0.4, 0.5) is 0 Å². The number of halogens is 1. The molecule has 0 spiro atoms. The largest absolute Gasteiger partial charge is 0.329 e. The zero-order valence-corrected chi connectivity index (χ0v) is 14.4. The number of thiophene rings is 1. The molecule has 2 N–H and O–H groups in total. The van der Waals surface area contributed by atoms with E-state index in [1.807, 2.05) is 24.3 Å². The molecule has 0 fully saturated rings. The normalized spacial score (nSPS) is 19.4. The predicted octanol–water partition coefficient (Wildman–Crippen LogP) is 2.76. The van der Waals surface area contributed by atoms with Crippen molar-refractivity contribution in [1.82, 2.24) is 4.31 Å². The molecular formula is C14H15BrN2O2S2. The van der Waals surface area contributed by atoms with Gasteiger partial charge in [-0.3, -0.25) is 0 Å². The Bertz CT molecular complexity index is 758. The van der Waals surface area contributed by atoms with Crippen LogP contribution < -0.4 is 5.73 Å². The van der Waals surface area contributed by atoms with E-state index < -0.39 is 10.0 Å². The standard InChI is InChI=1S/C14H15BrN2O2S2/c15-12-6-8-20-14(12)21(18,19)17-7-5-10-3-1-2-4-11(10)13(17)9-16/h1-4,6,8,13H,5,7,9,16H2. The number of hydrogen-bond acceptors (Lipinski definition) is 4. The molecule has 1 aliphatic heterocycles. The minimum absolute atomic E-state index is 0.277. The third kappa shape index (κ3) is 2.57. The van der Waals surface area contributed by atoms with Gasteiger partial charge >= 0.3 is 0 Å². The van der Waals surface area contributed by atoms with Crippen LogP contribution in [-0.2, 0) is 16.4 Å². The first kappa shape index (κ1) is 15.2. The molecule has 1 atom stereocenters. The van der Waals surface area contributed by atoms with Crippen LogP contribution in [0.5, 0.6) is 0 Å². The van der Waals surface area contributed by atoms with Crippen LogP contribution in [0.1, 0.15) is 17.2 Å². The van der Waals surface area contributed by atoms with Gasteiger partial charge in [0.1, 0.15) is 4.21 Å². The second-order valence-corrected chi connectivity index (χ2v) is 8.73. The lowest BCUT2D eigenvalue weighted by molar-refractivity contribution is 0.314. The van der Waals surface area contributed by atoms with Crippen LogP contribution in [0.25, 0.3) is 0 Å². The van der Waals surface area contributed by atoms with Gasteiger partial charge < -0.3 is 5.73 Å². The topological polar surface area (TPSA) is 63.4 Å². The number of nitrogens with two attached hydrogens (primary N) is 1. The number of rotatable bonds is 3. The van der Waals surface area contributed by atoms with Crippen molar-refractivity contribution in [1.29, 1.82) is 0 Å². The molecule has 2 aromatic rings. The Morgan fingerprint density at radius 2 is 2.10 bits per heavy atom. The Morgan fingerprint density at radius 1 is 1.33 bits per heavy atom. The summed E-state index contributed by atoms with van der Waals surface area (Å²) in [6, 6.07) is 9.38. The van der Waals surface area contributed by atoms with E-state index in [-0.39, 0.29) is 12.6 Å². The molecule has 0 aliphatic carbocycles. The van der Waals surface area contributed by atoms with Crippen LogP contribution >= 0.6 is 27.3 Å². The third-order valence-corrected chi connectivity index (χ3v) is 8.27. The van der Waals surface area contributed by atoms with Gasteiger partial charge in [0.05, 0.1) is 6.04 Å². The van der Waals surface area contributed by atoms with Crippen LogP contribution in [0.15, 0.2) is 44.4 Å². The highest BCUT2D eigenvalue weighted by Crippen LogP contribution is 2.37.